The largest absolute Gasteiger partial charge is 0.143 e. The molecule has 0 saturated heterocycles. The van der Waals surface area contributed by atoms with Crippen LogP contribution in [0.25, 0.3) is 32.7 Å². The van der Waals surface area contributed by atoms with Gasteiger partial charge in [-0.1, -0.05) is 88.7 Å². The Labute approximate surface area is 187 Å². The molecule has 0 bridgehead atoms. The highest BCUT2D eigenvalue weighted by molar-refractivity contribution is 7.80. The number of aryl methyl sites for hydroxylation is 1. The minimum atomic E-state index is 0.730. The predicted molar refractivity (Wildman–Crippen MR) is 138 cm³/mol. The molecule has 4 aromatic rings. The van der Waals surface area contributed by atoms with Gasteiger partial charge >= 0.3 is 0 Å². The van der Waals surface area contributed by atoms with Gasteiger partial charge in [-0.25, -0.2) is 0 Å². The lowest BCUT2D eigenvalue weighted by atomic mass is 9.76. The van der Waals surface area contributed by atoms with Crippen LogP contribution in [0.1, 0.15) is 64.0 Å². The Balaban J connectivity index is 0.000000606. The Kier molecular flexibility index (Phi) is 7.61. The number of rotatable bonds is 2. The van der Waals surface area contributed by atoms with Gasteiger partial charge in [-0.15, -0.1) is 12.6 Å². The molecule has 1 aliphatic rings. The lowest BCUT2D eigenvalue weighted by Crippen LogP contribution is -2.10. The van der Waals surface area contributed by atoms with Crippen molar-refractivity contribution >= 4 is 34.2 Å². The molecular formula is C29H34S. The summed E-state index contributed by atoms with van der Waals surface area (Å²) in [6.45, 7) is 10.2. The summed E-state index contributed by atoms with van der Waals surface area (Å²) < 4.78 is 0. The molecule has 4 aromatic carbocycles. The number of fused-ring (bicyclic) bond motifs is 3. The number of hydrogen-bond donors (Lipinski definition) is 1. The van der Waals surface area contributed by atoms with E-state index in [2.05, 4.69) is 86.3 Å². The molecule has 1 heteroatoms. The van der Waals surface area contributed by atoms with Gasteiger partial charge in [0, 0.05) is 4.90 Å². The fourth-order valence-corrected chi connectivity index (χ4v) is 4.61. The highest BCUT2D eigenvalue weighted by Gasteiger charge is 2.23. The molecule has 0 spiro atoms. The van der Waals surface area contributed by atoms with Gasteiger partial charge in [0.25, 0.3) is 0 Å². The van der Waals surface area contributed by atoms with Crippen LogP contribution in [0.2, 0.25) is 0 Å². The van der Waals surface area contributed by atoms with Gasteiger partial charge < -0.3 is 0 Å². The molecule has 30 heavy (non-hydrogen) atoms. The maximum Gasteiger partial charge on any atom is 0.00463 e. The highest BCUT2D eigenvalue weighted by Crippen LogP contribution is 2.44. The lowest BCUT2D eigenvalue weighted by molar-refractivity contribution is 0.420. The SMILES string of the molecule is CC.CC.Cc1ccc2c(ccc3cc(S)ccc32)c1-c1ccccc1C1CCC1. The lowest BCUT2D eigenvalue weighted by Gasteiger charge is -2.28. The van der Waals surface area contributed by atoms with Crippen molar-refractivity contribution in [2.45, 2.75) is 64.7 Å². The van der Waals surface area contributed by atoms with Crippen molar-refractivity contribution in [2.75, 3.05) is 0 Å². The average Bonchev–Trinajstić information content (AvgIpc) is 2.75. The zero-order valence-electron chi connectivity index (χ0n) is 19.0. The van der Waals surface area contributed by atoms with Crippen LogP contribution >= 0.6 is 12.6 Å². The van der Waals surface area contributed by atoms with Gasteiger partial charge in [0.15, 0.2) is 0 Å². The molecule has 0 aliphatic heterocycles. The molecule has 1 aliphatic carbocycles. The molecule has 5 rings (SSSR count). The number of benzene rings is 4. The van der Waals surface area contributed by atoms with E-state index in [-0.39, 0.29) is 0 Å². The van der Waals surface area contributed by atoms with Crippen LogP contribution in [0.4, 0.5) is 0 Å². The third-order valence-corrected chi connectivity index (χ3v) is 6.26. The van der Waals surface area contributed by atoms with Crippen LogP contribution in [-0.4, -0.2) is 0 Å². The minimum absolute atomic E-state index is 0.730. The quantitative estimate of drug-likeness (QED) is 0.245. The maximum absolute atomic E-state index is 4.50. The molecular weight excluding hydrogens is 380 g/mol. The predicted octanol–water partition coefficient (Wildman–Crippen LogP) is 9.58. The summed E-state index contributed by atoms with van der Waals surface area (Å²) in [5.74, 6) is 0.730. The molecule has 0 unspecified atom stereocenters. The molecule has 1 saturated carbocycles. The second-order valence-electron chi connectivity index (χ2n) is 7.54. The molecule has 156 valence electrons. The molecule has 1 fully saturated rings. The van der Waals surface area contributed by atoms with E-state index in [1.807, 2.05) is 27.7 Å². The maximum atomic E-state index is 4.50. The molecule has 0 N–H and O–H groups in total. The third kappa shape index (κ3) is 4.14. The van der Waals surface area contributed by atoms with E-state index in [0.29, 0.717) is 0 Å². The molecule has 0 radical (unpaired) electrons. The van der Waals surface area contributed by atoms with Crippen LogP contribution in [-0.2, 0) is 0 Å². The zero-order chi connectivity index (χ0) is 21.7. The van der Waals surface area contributed by atoms with E-state index in [0.717, 1.165) is 10.8 Å². The van der Waals surface area contributed by atoms with E-state index in [1.54, 1.807) is 0 Å². The van der Waals surface area contributed by atoms with Crippen LogP contribution in [0.3, 0.4) is 0 Å². The third-order valence-electron chi connectivity index (χ3n) is 5.98. The van der Waals surface area contributed by atoms with Gasteiger partial charge in [0.05, 0.1) is 0 Å². The van der Waals surface area contributed by atoms with E-state index in [4.69, 9.17) is 0 Å². The topological polar surface area (TPSA) is 0 Å². The summed E-state index contributed by atoms with van der Waals surface area (Å²) in [5, 5.41) is 5.26. The van der Waals surface area contributed by atoms with Gasteiger partial charge in [-0.05, 0) is 81.6 Å². The molecule has 0 nitrogen and oxygen atoms in total. The first-order chi connectivity index (χ1) is 14.7. The van der Waals surface area contributed by atoms with Crippen molar-refractivity contribution in [3.63, 3.8) is 0 Å². The van der Waals surface area contributed by atoms with Crippen molar-refractivity contribution in [2.24, 2.45) is 0 Å². The van der Waals surface area contributed by atoms with Crippen molar-refractivity contribution in [1.82, 2.24) is 0 Å². The Morgan fingerprint density at radius 1 is 0.733 bits per heavy atom. The van der Waals surface area contributed by atoms with Gasteiger partial charge in [0.1, 0.15) is 0 Å². The Hall–Kier alpha value is -2.25. The van der Waals surface area contributed by atoms with E-state index in [9.17, 15) is 0 Å². The second-order valence-corrected chi connectivity index (χ2v) is 8.06. The van der Waals surface area contributed by atoms with Crippen LogP contribution < -0.4 is 0 Å². The van der Waals surface area contributed by atoms with E-state index >= 15 is 0 Å². The molecule has 0 atom stereocenters. The first-order valence-corrected chi connectivity index (χ1v) is 11.9. The Bertz CT molecular complexity index is 1140. The molecule has 0 amide bonds. The van der Waals surface area contributed by atoms with E-state index in [1.165, 1.54) is 63.1 Å². The summed E-state index contributed by atoms with van der Waals surface area (Å²) in [6.07, 6.45) is 4.02. The van der Waals surface area contributed by atoms with Crippen molar-refractivity contribution in [3.8, 4) is 11.1 Å². The average molecular weight is 415 g/mol. The summed E-state index contributed by atoms with van der Waals surface area (Å²) >= 11 is 4.50. The first-order valence-electron chi connectivity index (χ1n) is 11.5. The Morgan fingerprint density at radius 3 is 2.10 bits per heavy atom. The van der Waals surface area contributed by atoms with Crippen molar-refractivity contribution in [1.29, 1.82) is 0 Å². The first kappa shape index (κ1) is 22.4. The van der Waals surface area contributed by atoms with E-state index < -0.39 is 0 Å². The fraction of sp³-hybridized carbons (Fsp3) is 0.310. The van der Waals surface area contributed by atoms with Crippen molar-refractivity contribution < 1.29 is 0 Å². The summed E-state index contributed by atoms with van der Waals surface area (Å²) in [7, 11) is 0. The molecule has 0 heterocycles. The van der Waals surface area contributed by atoms with Gasteiger partial charge in [0.2, 0.25) is 0 Å². The van der Waals surface area contributed by atoms with Crippen LogP contribution in [0, 0.1) is 6.92 Å². The highest BCUT2D eigenvalue weighted by atomic mass is 32.1. The smallest absolute Gasteiger partial charge is 0.00463 e. The standard InChI is InChI=1S/C25H22S.2C2H6/c1-16-9-12-22-21-14-11-19(26)15-18(21)10-13-24(22)25(16)23-8-3-2-7-20(23)17-5-4-6-17;2*1-2/h2-3,7-15,17,26H,4-6H2,1H3;2*1-2H3. The Morgan fingerprint density at radius 2 is 1.40 bits per heavy atom. The van der Waals surface area contributed by atoms with Crippen LogP contribution in [0.15, 0.2) is 71.6 Å². The monoisotopic (exact) mass is 414 g/mol. The summed E-state index contributed by atoms with van der Waals surface area (Å²) in [5.41, 5.74) is 5.71. The van der Waals surface area contributed by atoms with Gasteiger partial charge in [-0.2, -0.15) is 0 Å². The second kappa shape index (κ2) is 10.2. The summed E-state index contributed by atoms with van der Waals surface area (Å²) in [6, 6.07) is 24.6. The van der Waals surface area contributed by atoms with Gasteiger partial charge in [-0.3, -0.25) is 0 Å². The molecule has 0 aromatic heterocycles. The normalized spacial score (nSPS) is 13.1. The number of hydrogen-bond acceptors (Lipinski definition) is 1. The summed E-state index contributed by atoms with van der Waals surface area (Å²) in [4.78, 5) is 1.01. The number of thiol groups is 1. The zero-order valence-corrected chi connectivity index (χ0v) is 19.9. The van der Waals surface area contributed by atoms with Crippen LogP contribution in [0.5, 0.6) is 0 Å². The fourth-order valence-electron chi connectivity index (χ4n) is 4.40. The van der Waals surface area contributed by atoms with Crippen molar-refractivity contribution in [3.05, 3.63) is 77.9 Å². The minimum Gasteiger partial charge on any atom is -0.143 e.